The molecule has 0 atom stereocenters. The first-order valence-corrected chi connectivity index (χ1v) is 6.82. The van der Waals surface area contributed by atoms with Crippen LogP contribution in [0.2, 0.25) is 5.02 Å². The predicted molar refractivity (Wildman–Crippen MR) is 80.2 cm³/mol. The summed E-state index contributed by atoms with van der Waals surface area (Å²) in [5.41, 5.74) is 0.0962. The third-order valence-electron chi connectivity index (χ3n) is 2.63. The Morgan fingerprint density at radius 2 is 2.10 bits per heavy atom. The number of benzene rings is 1. The number of amides is 1. The van der Waals surface area contributed by atoms with Crippen LogP contribution in [-0.2, 0) is 0 Å². The van der Waals surface area contributed by atoms with E-state index in [0.29, 0.717) is 10.8 Å². The van der Waals surface area contributed by atoms with Crippen molar-refractivity contribution in [2.75, 3.05) is 17.2 Å². The van der Waals surface area contributed by atoms with Crippen molar-refractivity contribution in [1.29, 1.82) is 0 Å². The van der Waals surface area contributed by atoms with Gasteiger partial charge in [-0.1, -0.05) is 18.5 Å². The lowest BCUT2D eigenvalue weighted by molar-refractivity contribution is 0.102. The monoisotopic (exact) mass is 308 g/mol. The first-order chi connectivity index (χ1) is 10.1. The molecule has 5 nitrogen and oxygen atoms in total. The van der Waals surface area contributed by atoms with Crippen LogP contribution in [0.5, 0.6) is 0 Å². The molecule has 0 aliphatic rings. The summed E-state index contributed by atoms with van der Waals surface area (Å²) in [5, 5.41) is 13.5. The summed E-state index contributed by atoms with van der Waals surface area (Å²) in [5.74, 6) is -0.532. The molecule has 110 valence electrons. The maximum absolute atomic E-state index is 13.5. The van der Waals surface area contributed by atoms with Gasteiger partial charge in [-0.15, -0.1) is 10.2 Å². The average Bonchev–Trinajstić information content (AvgIpc) is 2.49. The van der Waals surface area contributed by atoms with Gasteiger partial charge in [0.2, 0.25) is 0 Å². The number of nitrogens with zero attached hydrogens (tertiary/aromatic N) is 2. The molecule has 2 rings (SSSR count). The second-order valence-electron chi connectivity index (χ2n) is 4.31. The van der Waals surface area contributed by atoms with Gasteiger partial charge < -0.3 is 10.6 Å². The highest BCUT2D eigenvalue weighted by Crippen LogP contribution is 2.20. The smallest absolute Gasteiger partial charge is 0.276 e. The first kappa shape index (κ1) is 15.2. The molecule has 0 saturated carbocycles. The predicted octanol–water partition coefficient (Wildman–Crippen LogP) is 3.34. The van der Waals surface area contributed by atoms with Gasteiger partial charge in [0.25, 0.3) is 5.91 Å². The van der Waals surface area contributed by atoms with E-state index in [2.05, 4.69) is 20.8 Å². The lowest BCUT2D eigenvalue weighted by Gasteiger charge is -2.07. The molecule has 0 aliphatic carbocycles. The number of anilines is 2. The van der Waals surface area contributed by atoms with E-state index in [4.69, 9.17) is 11.6 Å². The van der Waals surface area contributed by atoms with E-state index in [1.165, 1.54) is 24.3 Å². The normalized spacial score (nSPS) is 10.2. The summed E-state index contributed by atoms with van der Waals surface area (Å²) in [7, 11) is 0. The van der Waals surface area contributed by atoms with E-state index in [0.717, 1.165) is 13.0 Å². The van der Waals surface area contributed by atoms with E-state index < -0.39 is 11.7 Å². The topological polar surface area (TPSA) is 66.9 Å². The SMILES string of the molecule is CCCNc1ccc(C(=O)Nc2cc(Cl)ccc2F)nn1. The van der Waals surface area contributed by atoms with Crippen molar-refractivity contribution in [1.82, 2.24) is 10.2 Å². The Hall–Kier alpha value is -2.21. The molecule has 0 radical (unpaired) electrons. The lowest BCUT2D eigenvalue weighted by Crippen LogP contribution is -2.15. The van der Waals surface area contributed by atoms with Crippen molar-refractivity contribution in [3.8, 4) is 0 Å². The molecular formula is C14H14ClFN4O. The summed E-state index contributed by atoms with van der Waals surface area (Å²) in [6.07, 6.45) is 0.956. The zero-order chi connectivity index (χ0) is 15.2. The van der Waals surface area contributed by atoms with Crippen molar-refractivity contribution in [3.05, 3.63) is 46.9 Å². The molecule has 2 N–H and O–H groups in total. The minimum Gasteiger partial charge on any atom is -0.369 e. The zero-order valence-corrected chi connectivity index (χ0v) is 12.1. The number of halogens is 2. The van der Waals surface area contributed by atoms with Gasteiger partial charge in [0, 0.05) is 11.6 Å². The van der Waals surface area contributed by atoms with E-state index >= 15 is 0 Å². The summed E-state index contributed by atoms with van der Waals surface area (Å²) in [6.45, 7) is 2.80. The summed E-state index contributed by atoms with van der Waals surface area (Å²) in [4.78, 5) is 12.0. The maximum Gasteiger partial charge on any atom is 0.276 e. The van der Waals surface area contributed by atoms with Crippen LogP contribution in [0.25, 0.3) is 0 Å². The van der Waals surface area contributed by atoms with Gasteiger partial charge in [0.15, 0.2) is 5.69 Å². The van der Waals surface area contributed by atoms with Crippen molar-refractivity contribution < 1.29 is 9.18 Å². The van der Waals surface area contributed by atoms with Crippen LogP contribution in [0.15, 0.2) is 30.3 Å². The number of hydrogen-bond donors (Lipinski definition) is 2. The van der Waals surface area contributed by atoms with Crippen molar-refractivity contribution in [2.24, 2.45) is 0 Å². The number of carbonyl (C=O) groups excluding carboxylic acids is 1. The molecule has 1 aromatic heterocycles. The fourth-order valence-electron chi connectivity index (χ4n) is 1.58. The van der Waals surface area contributed by atoms with Crippen molar-refractivity contribution in [3.63, 3.8) is 0 Å². The Morgan fingerprint density at radius 1 is 1.29 bits per heavy atom. The Balaban J connectivity index is 2.07. The quantitative estimate of drug-likeness (QED) is 0.889. The molecule has 1 amide bonds. The Bertz CT molecular complexity index is 633. The molecule has 2 aromatic rings. The van der Waals surface area contributed by atoms with Crippen molar-refractivity contribution in [2.45, 2.75) is 13.3 Å². The maximum atomic E-state index is 13.5. The highest BCUT2D eigenvalue weighted by atomic mass is 35.5. The third-order valence-corrected chi connectivity index (χ3v) is 2.87. The van der Waals surface area contributed by atoms with Crippen LogP contribution in [0.4, 0.5) is 15.9 Å². The van der Waals surface area contributed by atoms with Crippen LogP contribution >= 0.6 is 11.6 Å². The summed E-state index contributed by atoms with van der Waals surface area (Å²) < 4.78 is 13.5. The second kappa shape index (κ2) is 6.99. The largest absolute Gasteiger partial charge is 0.369 e. The second-order valence-corrected chi connectivity index (χ2v) is 4.75. The Labute approximate surface area is 126 Å². The van der Waals surface area contributed by atoms with Gasteiger partial charge in [-0.2, -0.15) is 0 Å². The molecule has 0 saturated heterocycles. The van der Waals surface area contributed by atoms with E-state index in [9.17, 15) is 9.18 Å². The van der Waals surface area contributed by atoms with Gasteiger partial charge in [-0.25, -0.2) is 4.39 Å². The Kier molecular flexibility index (Phi) is 5.05. The van der Waals surface area contributed by atoms with Crippen LogP contribution in [0, 0.1) is 5.82 Å². The minimum atomic E-state index is -0.568. The fraction of sp³-hybridized carbons (Fsp3) is 0.214. The van der Waals surface area contributed by atoms with Gasteiger partial charge in [-0.05, 0) is 36.8 Å². The van der Waals surface area contributed by atoms with Crippen LogP contribution in [0.1, 0.15) is 23.8 Å². The van der Waals surface area contributed by atoms with Gasteiger partial charge in [-0.3, -0.25) is 4.79 Å². The highest BCUT2D eigenvalue weighted by Gasteiger charge is 2.11. The number of carbonyl (C=O) groups is 1. The molecule has 0 fully saturated rings. The minimum absolute atomic E-state index is 0.00230. The number of aromatic nitrogens is 2. The molecule has 21 heavy (non-hydrogen) atoms. The molecule has 0 aliphatic heterocycles. The van der Waals surface area contributed by atoms with Crippen LogP contribution in [0.3, 0.4) is 0 Å². The summed E-state index contributed by atoms with van der Waals surface area (Å²) in [6, 6.07) is 7.08. The zero-order valence-electron chi connectivity index (χ0n) is 11.4. The van der Waals surface area contributed by atoms with E-state index in [-0.39, 0.29) is 11.4 Å². The van der Waals surface area contributed by atoms with Gasteiger partial charge in [0.1, 0.15) is 11.6 Å². The molecule has 0 bridgehead atoms. The summed E-state index contributed by atoms with van der Waals surface area (Å²) >= 11 is 5.76. The molecular weight excluding hydrogens is 295 g/mol. The Morgan fingerprint density at radius 3 is 2.76 bits per heavy atom. The molecule has 1 heterocycles. The van der Waals surface area contributed by atoms with E-state index in [1.54, 1.807) is 6.07 Å². The number of hydrogen-bond acceptors (Lipinski definition) is 4. The molecule has 7 heteroatoms. The molecule has 1 aromatic carbocycles. The first-order valence-electron chi connectivity index (χ1n) is 6.44. The van der Waals surface area contributed by atoms with Crippen molar-refractivity contribution >= 4 is 29.0 Å². The number of rotatable bonds is 5. The van der Waals surface area contributed by atoms with Crippen LogP contribution in [-0.4, -0.2) is 22.6 Å². The van der Waals surface area contributed by atoms with Crippen LogP contribution < -0.4 is 10.6 Å². The van der Waals surface area contributed by atoms with Gasteiger partial charge in [0.05, 0.1) is 5.69 Å². The van der Waals surface area contributed by atoms with Gasteiger partial charge >= 0.3 is 0 Å². The fourth-order valence-corrected chi connectivity index (χ4v) is 1.75. The number of nitrogens with one attached hydrogen (secondary N) is 2. The molecule has 0 spiro atoms. The molecule has 0 unspecified atom stereocenters. The lowest BCUT2D eigenvalue weighted by atomic mass is 10.3. The third kappa shape index (κ3) is 4.13. The van der Waals surface area contributed by atoms with E-state index in [1.807, 2.05) is 6.92 Å². The standard InChI is InChI=1S/C14H14ClFN4O/c1-2-7-17-13-6-5-11(19-20-13)14(21)18-12-8-9(15)3-4-10(12)16/h3-6,8H,2,7H2,1H3,(H,17,20)(H,18,21). The highest BCUT2D eigenvalue weighted by molar-refractivity contribution is 6.31. The average molecular weight is 309 g/mol.